The van der Waals surface area contributed by atoms with Gasteiger partial charge in [0.15, 0.2) is 0 Å². The lowest BCUT2D eigenvalue weighted by atomic mass is 10.2. The van der Waals surface area contributed by atoms with E-state index in [2.05, 4.69) is 22.0 Å². The standard InChI is InChI=1S/C14H18N4O2S/c1-10(17-5-7-18(8-6-17)11(2)19)14-15-13(16-20-14)12-4-3-9-21-12/h3-4,9-10H,5-8H2,1-2H3. The maximum absolute atomic E-state index is 11.3. The van der Waals surface area contributed by atoms with E-state index in [0.29, 0.717) is 11.7 Å². The van der Waals surface area contributed by atoms with E-state index in [0.717, 1.165) is 31.1 Å². The van der Waals surface area contributed by atoms with Crippen molar-refractivity contribution in [1.82, 2.24) is 19.9 Å². The Kier molecular flexibility index (Phi) is 4.03. The first-order chi connectivity index (χ1) is 10.1. The van der Waals surface area contributed by atoms with Gasteiger partial charge in [-0.15, -0.1) is 11.3 Å². The average molecular weight is 306 g/mol. The summed E-state index contributed by atoms with van der Waals surface area (Å²) < 4.78 is 5.40. The summed E-state index contributed by atoms with van der Waals surface area (Å²) in [5.74, 6) is 1.42. The molecule has 2 aromatic heterocycles. The van der Waals surface area contributed by atoms with Crippen molar-refractivity contribution in [2.75, 3.05) is 26.2 Å². The highest BCUT2D eigenvalue weighted by molar-refractivity contribution is 7.13. The third kappa shape index (κ3) is 2.98. The third-order valence-electron chi connectivity index (χ3n) is 3.85. The van der Waals surface area contributed by atoms with Crippen LogP contribution in [0.2, 0.25) is 0 Å². The van der Waals surface area contributed by atoms with E-state index in [1.165, 1.54) is 0 Å². The van der Waals surface area contributed by atoms with Gasteiger partial charge in [-0.25, -0.2) is 0 Å². The van der Waals surface area contributed by atoms with Crippen LogP contribution in [0.4, 0.5) is 0 Å². The number of thiophene rings is 1. The van der Waals surface area contributed by atoms with Gasteiger partial charge in [0.05, 0.1) is 10.9 Å². The van der Waals surface area contributed by atoms with E-state index >= 15 is 0 Å². The van der Waals surface area contributed by atoms with Crippen LogP contribution >= 0.6 is 11.3 Å². The molecule has 2 aromatic rings. The largest absolute Gasteiger partial charge is 0.340 e. The highest BCUT2D eigenvalue weighted by Gasteiger charge is 2.26. The van der Waals surface area contributed by atoms with Crippen LogP contribution in [0.25, 0.3) is 10.7 Å². The fourth-order valence-electron chi connectivity index (χ4n) is 2.49. The summed E-state index contributed by atoms with van der Waals surface area (Å²) in [7, 11) is 0. The molecule has 6 nitrogen and oxygen atoms in total. The molecule has 3 rings (SSSR count). The predicted molar refractivity (Wildman–Crippen MR) is 79.9 cm³/mol. The van der Waals surface area contributed by atoms with Crippen molar-refractivity contribution in [3.8, 4) is 10.7 Å². The van der Waals surface area contributed by atoms with Crippen molar-refractivity contribution < 1.29 is 9.32 Å². The second kappa shape index (κ2) is 5.95. The zero-order valence-corrected chi connectivity index (χ0v) is 13.0. The Bertz CT molecular complexity index is 602. The molecule has 1 amide bonds. The van der Waals surface area contributed by atoms with Crippen LogP contribution in [0.5, 0.6) is 0 Å². The quantitative estimate of drug-likeness (QED) is 0.868. The lowest BCUT2D eigenvalue weighted by Crippen LogP contribution is -2.48. The molecule has 0 aliphatic carbocycles. The molecule has 1 saturated heterocycles. The molecular weight excluding hydrogens is 288 g/mol. The Balaban J connectivity index is 1.66. The van der Waals surface area contributed by atoms with Crippen molar-refractivity contribution in [3.05, 3.63) is 23.4 Å². The molecule has 7 heteroatoms. The van der Waals surface area contributed by atoms with Crippen molar-refractivity contribution in [2.24, 2.45) is 0 Å². The molecule has 0 N–H and O–H groups in total. The molecule has 1 unspecified atom stereocenters. The number of hydrogen-bond donors (Lipinski definition) is 0. The van der Waals surface area contributed by atoms with Gasteiger partial charge in [0.2, 0.25) is 17.6 Å². The summed E-state index contributed by atoms with van der Waals surface area (Å²) in [6, 6.07) is 4.02. The maximum atomic E-state index is 11.3. The SMILES string of the molecule is CC(=O)N1CCN(C(C)c2nc(-c3cccs3)no2)CC1. The molecule has 1 aliphatic rings. The molecule has 1 fully saturated rings. The molecule has 3 heterocycles. The molecule has 1 aliphatic heterocycles. The van der Waals surface area contributed by atoms with Gasteiger partial charge in [-0.3, -0.25) is 9.69 Å². The van der Waals surface area contributed by atoms with Gasteiger partial charge in [0.25, 0.3) is 0 Å². The lowest BCUT2D eigenvalue weighted by molar-refractivity contribution is -0.130. The number of hydrogen-bond acceptors (Lipinski definition) is 6. The molecule has 0 saturated carbocycles. The number of carbonyl (C=O) groups is 1. The minimum Gasteiger partial charge on any atom is -0.340 e. The predicted octanol–water partition coefficient (Wildman–Crippen LogP) is 2.02. The van der Waals surface area contributed by atoms with Crippen molar-refractivity contribution in [3.63, 3.8) is 0 Å². The Morgan fingerprint density at radius 3 is 2.76 bits per heavy atom. The summed E-state index contributed by atoms with van der Waals surface area (Å²) >= 11 is 1.60. The molecule has 0 aromatic carbocycles. The fourth-order valence-corrected chi connectivity index (χ4v) is 3.14. The maximum Gasteiger partial charge on any atom is 0.244 e. The van der Waals surface area contributed by atoms with E-state index in [4.69, 9.17) is 4.52 Å². The van der Waals surface area contributed by atoms with Crippen LogP contribution in [0, 0.1) is 0 Å². The number of rotatable bonds is 3. The number of carbonyl (C=O) groups excluding carboxylic acids is 1. The Morgan fingerprint density at radius 1 is 1.38 bits per heavy atom. The first-order valence-corrected chi connectivity index (χ1v) is 7.90. The number of nitrogens with zero attached hydrogens (tertiary/aromatic N) is 4. The van der Waals surface area contributed by atoms with Crippen LogP contribution in [0.1, 0.15) is 25.8 Å². The summed E-state index contributed by atoms with van der Waals surface area (Å²) in [6.45, 7) is 6.85. The molecule has 0 spiro atoms. The lowest BCUT2D eigenvalue weighted by Gasteiger charge is -2.36. The van der Waals surface area contributed by atoms with Crippen molar-refractivity contribution >= 4 is 17.2 Å². The first kappa shape index (κ1) is 14.2. The van der Waals surface area contributed by atoms with Gasteiger partial charge in [0.1, 0.15) is 0 Å². The zero-order valence-electron chi connectivity index (χ0n) is 12.2. The molecule has 0 radical (unpaired) electrons. The van der Waals surface area contributed by atoms with Crippen LogP contribution < -0.4 is 0 Å². The average Bonchev–Trinajstić information content (AvgIpc) is 3.17. The summed E-state index contributed by atoms with van der Waals surface area (Å²) in [6.07, 6.45) is 0. The highest BCUT2D eigenvalue weighted by Crippen LogP contribution is 2.25. The van der Waals surface area contributed by atoms with E-state index in [1.807, 2.05) is 22.4 Å². The Hall–Kier alpha value is -1.73. The van der Waals surface area contributed by atoms with E-state index in [1.54, 1.807) is 18.3 Å². The number of amides is 1. The van der Waals surface area contributed by atoms with Gasteiger partial charge < -0.3 is 9.42 Å². The Morgan fingerprint density at radius 2 is 2.14 bits per heavy atom. The molecule has 1 atom stereocenters. The first-order valence-electron chi connectivity index (χ1n) is 7.02. The minimum atomic E-state index is 0.0697. The summed E-state index contributed by atoms with van der Waals surface area (Å²) in [5.41, 5.74) is 0. The van der Waals surface area contributed by atoms with Gasteiger partial charge in [-0.2, -0.15) is 4.98 Å². The van der Waals surface area contributed by atoms with E-state index in [-0.39, 0.29) is 11.9 Å². The monoisotopic (exact) mass is 306 g/mol. The van der Waals surface area contributed by atoms with E-state index in [9.17, 15) is 4.79 Å². The smallest absolute Gasteiger partial charge is 0.244 e. The van der Waals surface area contributed by atoms with Crippen LogP contribution in [0.3, 0.4) is 0 Å². The van der Waals surface area contributed by atoms with Gasteiger partial charge in [0, 0.05) is 33.1 Å². The second-order valence-corrected chi connectivity index (χ2v) is 6.10. The molecule has 21 heavy (non-hydrogen) atoms. The summed E-state index contributed by atoms with van der Waals surface area (Å²) in [5, 5.41) is 6.05. The zero-order chi connectivity index (χ0) is 14.8. The van der Waals surface area contributed by atoms with Gasteiger partial charge in [-0.05, 0) is 18.4 Å². The number of piperazine rings is 1. The second-order valence-electron chi connectivity index (χ2n) is 5.15. The molecule has 112 valence electrons. The van der Waals surface area contributed by atoms with Crippen LogP contribution in [0.15, 0.2) is 22.0 Å². The van der Waals surface area contributed by atoms with Crippen LogP contribution in [-0.4, -0.2) is 52.0 Å². The highest BCUT2D eigenvalue weighted by atomic mass is 32.1. The normalized spacial score (nSPS) is 17.9. The molecular formula is C14H18N4O2S. The molecule has 0 bridgehead atoms. The van der Waals surface area contributed by atoms with Crippen molar-refractivity contribution in [2.45, 2.75) is 19.9 Å². The minimum absolute atomic E-state index is 0.0697. The Labute approximate surface area is 127 Å². The third-order valence-corrected chi connectivity index (χ3v) is 4.71. The van der Waals surface area contributed by atoms with Gasteiger partial charge in [-0.1, -0.05) is 11.2 Å². The topological polar surface area (TPSA) is 62.5 Å². The van der Waals surface area contributed by atoms with Gasteiger partial charge >= 0.3 is 0 Å². The summed E-state index contributed by atoms with van der Waals surface area (Å²) in [4.78, 5) is 21.0. The fraction of sp³-hybridized carbons (Fsp3) is 0.500. The number of aromatic nitrogens is 2. The van der Waals surface area contributed by atoms with E-state index < -0.39 is 0 Å². The van der Waals surface area contributed by atoms with Crippen molar-refractivity contribution in [1.29, 1.82) is 0 Å². The van der Waals surface area contributed by atoms with Crippen LogP contribution in [-0.2, 0) is 4.79 Å².